The molecular weight excluding hydrogens is 416 g/mol. The van der Waals surface area contributed by atoms with Gasteiger partial charge in [-0.15, -0.1) is 0 Å². The summed E-state index contributed by atoms with van der Waals surface area (Å²) in [5.41, 5.74) is 1.50. The van der Waals surface area contributed by atoms with Gasteiger partial charge in [-0.2, -0.15) is 10.4 Å². The molecule has 2 N–H and O–H groups in total. The van der Waals surface area contributed by atoms with Crippen LogP contribution in [0.4, 0.5) is 0 Å². The maximum Gasteiger partial charge on any atom is 0.226 e. The third-order valence-electron chi connectivity index (χ3n) is 4.71. The number of benzene rings is 1. The quantitative estimate of drug-likeness (QED) is 0.587. The summed E-state index contributed by atoms with van der Waals surface area (Å²) in [6.45, 7) is 5.71. The van der Waals surface area contributed by atoms with Crippen molar-refractivity contribution in [3.8, 4) is 17.3 Å². The third-order valence-corrected chi connectivity index (χ3v) is 5.02. The summed E-state index contributed by atoms with van der Waals surface area (Å²) in [4.78, 5) is 16.8. The average molecular weight is 441 g/mol. The molecule has 0 fully saturated rings. The van der Waals surface area contributed by atoms with Crippen LogP contribution in [-0.2, 0) is 30.4 Å². The number of amides is 1. The molecule has 0 aliphatic rings. The second-order valence-electron chi connectivity index (χ2n) is 8.10. The van der Waals surface area contributed by atoms with E-state index < -0.39 is 5.60 Å². The van der Waals surface area contributed by atoms with Gasteiger partial charge in [0.05, 0.1) is 34.9 Å². The van der Waals surface area contributed by atoms with Crippen molar-refractivity contribution in [1.82, 2.24) is 24.6 Å². The first-order valence-electron chi connectivity index (χ1n) is 9.84. The highest BCUT2D eigenvalue weighted by atomic mass is 35.5. The smallest absolute Gasteiger partial charge is 0.226 e. The molecule has 1 amide bonds. The molecular formula is C22H25ClN6O2. The Labute approximate surface area is 186 Å². The van der Waals surface area contributed by atoms with Gasteiger partial charge in [0.1, 0.15) is 17.5 Å². The molecule has 1 aromatic carbocycles. The molecule has 0 radical (unpaired) electrons. The zero-order valence-electron chi connectivity index (χ0n) is 17.9. The fourth-order valence-electron chi connectivity index (χ4n) is 3.38. The summed E-state index contributed by atoms with van der Waals surface area (Å²) in [5, 5.41) is 27.0. The number of hydrogen-bond donors (Lipinski definition) is 2. The Morgan fingerprint density at radius 2 is 2.13 bits per heavy atom. The van der Waals surface area contributed by atoms with Crippen LogP contribution in [0.25, 0.3) is 11.3 Å². The van der Waals surface area contributed by atoms with Gasteiger partial charge < -0.3 is 15.0 Å². The average Bonchev–Trinajstić information content (AvgIpc) is 3.27. The molecule has 0 aliphatic heterocycles. The lowest BCUT2D eigenvalue weighted by atomic mass is 10.1. The molecule has 3 aromatic rings. The van der Waals surface area contributed by atoms with Crippen molar-refractivity contribution in [3.63, 3.8) is 0 Å². The number of nitrogens with zero attached hydrogens (tertiary/aromatic N) is 5. The van der Waals surface area contributed by atoms with Gasteiger partial charge in [-0.05, 0) is 39.0 Å². The highest BCUT2D eigenvalue weighted by Gasteiger charge is 2.23. The van der Waals surface area contributed by atoms with Crippen LogP contribution < -0.4 is 5.32 Å². The lowest BCUT2D eigenvalue weighted by Gasteiger charge is -2.16. The van der Waals surface area contributed by atoms with Crippen molar-refractivity contribution in [2.45, 2.75) is 45.4 Å². The van der Waals surface area contributed by atoms with E-state index in [0.29, 0.717) is 28.6 Å². The van der Waals surface area contributed by atoms with E-state index in [1.807, 2.05) is 25.3 Å². The van der Waals surface area contributed by atoms with Crippen LogP contribution in [0.3, 0.4) is 0 Å². The topological polar surface area (TPSA) is 109 Å². The standard InChI is InChI=1S/C22H25ClN6O2/c1-14(25-20(30)10-17-13-28(4)21(26-17)22(2,3)31)12-29-8-7-19(27-29)15-5-6-16(11-24)18(23)9-15/h5-9,13-14,31H,10,12H2,1-4H3,(H,25,30)/t14-/m0/s1. The number of aromatic nitrogens is 4. The molecule has 2 aromatic heterocycles. The van der Waals surface area contributed by atoms with Crippen LogP contribution in [0.5, 0.6) is 0 Å². The van der Waals surface area contributed by atoms with E-state index >= 15 is 0 Å². The van der Waals surface area contributed by atoms with E-state index in [2.05, 4.69) is 15.4 Å². The van der Waals surface area contributed by atoms with Gasteiger partial charge in [-0.3, -0.25) is 9.48 Å². The Morgan fingerprint density at radius 1 is 1.39 bits per heavy atom. The normalized spacial score (nSPS) is 12.4. The largest absolute Gasteiger partial charge is 0.383 e. The van der Waals surface area contributed by atoms with Crippen LogP contribution in [0.1, 0.15) is 37.9 Å². The van der Waals surface area contributed by atoms with Crippen molar-refractivity contribution < 1.29 is 9.90 Å². The predicted molar refractivity (Wildman–Crippen MR) is 117 cm³/mol. The molecule has 0 aliphatic carbocycles. The second-order valence-corrected chi connectivity index (χ2v) is 8.51. The fourth-order valence-corrected chi connectivity index (χ4v) is 3.60. The molecule has 0 unspecified atom stereocenters. The molecule has 31 heavy (non-hydrogen) atoms. The van der Waals surface area contributed by atoms with Crippen LogP contribution in [0, 0.1) is 11.3 Å². The summed E-state index contributed by atoms with van der Waals surface area (Å²) >= 11 is 6.11. The fraction of sp³-hybridized carbons (Fsp3) is 0.364. The molecule has 0 saturated carbocycles. The number of hydrogen-bond acceptors (Lipinski definition) is 5. The number of rotatable bonds is 7. The van der Waals surface area contributed by atoms with E-state index in [4.69, 9.17) is 16.9 Å². The Bertz CT molecular complexity index is 1140. The van der Waals surface area contributed by atoms with Gasteiger partial charge >= 0.3 is 0 Å². The Hall–Kier alpha value is -3.15. The third kappa shape index (κ3) is 5.51. The van der Waals surface area contributed by atoms with Gasteiger partial charge in [0.15, 0.2) is 0 Å². The number of carbonyl (C=O) groups is 1. The molecule has 1 atom stereocenters. The highest BCUT2D eigenvalue weighted by molar-refractivity contribution is 6.32. The summed E-state index contributed by atoms with van der Waals surface area (Å²) < 4.78 is 3.48. The number of nitriles is 1. The Kier molecular flexibility index (Phi) is 6.48. The van der Waals surface area contributed by atoms with E-state index in [0.717, 1.165) is 11.3 Å². The molecule has 0 spiro atoms. The van der Waals surface area contributed by atoms with Gasteiger partial charge in [-0.25, -0.2) is 4.98 Å². The number of halogens is 1. The minimum Gasteiger partial charge on any atom is -0.383 e. The SMILES string of the molecule is C[C@@H](Cn1ccc(-c2ccc(C#N)c(Cl)c2)n1)NC(=O)Cc1cn(C)c(C(C)(C)O)n1. The minimum atomic E-state index is -1.08. The first kappa shape index (κ1) is 22.5. The van der Waals surface area contributed by atoms with Crippen molar-refractivity contribution >= 4 is 17.5 Å². The monoisotopic (exact) mass is 440 g/mol. The lowest BCUT2D eigenvalue weighted by molar-refractivity contribution is -0.121. The second kappa shape index (κ2) is 8.92. The molecule has 0 bridgehead atoms. The van der Waals surface area contributed by atoms with Crippen molar-refractivity contribution in [1.29, 1.82) is 5.26 Å². The van der Waals surface area contributed by atoms with Gasteiger partial charge in [-0.1, -0.05) is 17.7 Å². The number of nitrogens with one attached hydrogen (secondary N) is 1. The number of carbonyl (C=O) groups excluding carboxylic acids is 1. The summed E-state index contributed by atoms with van der Waals surface area (Å²) in [5.74, 6) is 0.356. The minimum absolute atomic E-state index is 0.127. The Balaban J connectivity index is 1.59. The van der Waals surface area contributed by atoms with E-state index in [9.17, 15) is 9.90 Å². The summed E-state index contributed by atoms with van der Waals surface area (Å²) in [6.07, 6.45) is 3.71. The van der Waals surface area contributed by atoms with Crippen molar-refractivity contribution in [3.05, 3.63) is 58.8 Å². The van der Waals surface area contributed by atoms with Gasteiger partial charge in [0.2, 0.25) is 5.91 Å². The molecule has 0 saturated heterocycles. The first-order chi connectivity index (χ1) is 14.6. The van der Waals surface area contributed by atoms with Crippen LogP contribution in [0.2, 0.25) is 5.02 Å². The van der Waals surface area contributed by atoms with E-state index in [-0.39, 0.29) is 18.4 Å². The predicted octanol–water partition coefficient (Wildman–Crippen LogP) is 2.78. The van der Waals surface area contributed by atoms with Crippen molar-refractivity contribution in [2.75, 3.05) is 0 Å². The molecule has 9 heteroatoms. The van der Waals surface area contributed by atoms with Crippen LogP contribution >= 0.6 is 11.6 Å². The summed E-state index contributed by atoms with van der Waals surface area (Å²) in [7, 11) is 1.79. The highest BCUT2D eigenvalue weighted by Crippen LogP contribution is 2.24. The van der Waals surface area contributed by atoms with Crippen LogP contribution in [-0.4, -0.2) is 36.4 Å². The molecule has 162 valence electrons. The van der Waals surface area contributed by atoms with Gasteiger partial charge in [0, 0.05) is 31.0 Å². The maximum atomic E-state index is 12.4. The van der Waals surface area contributed by atoms with Gasteiger partial charge in [0.25, 0.3) is 0 Å². The molecule has 3 rings (SSSR count). The first-order valence-corrected chi connectivity index (χ1v) is 10.2. The number of aryl methyl sites for hydroxylation is 1. The zero-order valence-corrected chi connectivity index (χ0v) is 18.7. The number of aliphatic hydroxyl groups is 1. The van der Waals surface area contributed by atoms with Crippen LogP contribution in [0.15, 0.2) is 36.7 Å². The maximum absolute atomic E-state index is 12.4. The Morgan fingerprint density at radius 3 is 2.74 bits per heavy atom. The van der Waals surface area contributed by atoms with Crippen molar-refractivity contribution in [2.24, 2.45) is 7.05 Å². The zero-order chi connectivity index (χ0) is 22.8. The summed E-state index contributed by atoms with van der Waals surface area (Å²) in [6, 6.07) is 8.93. The van der Waals surface area contributed by atoms with E-state index in [1.165, 1.54) is 0 Å². The lowest BCUT2D eigenvalue weighted by Crippen LogP contribution is -2.36. The molecule has 2 heterocycles. The molecule has 8 nitrogen and oxygen atoms in total. The van der Waals surface area contributed by atoms with E-state index in [1.54, 1.807) is 54.5 Å². The number of imidazole rings is 1.